The molecule has 2 fully saturated rings. The van der Waals surface area contributed by atoms with E-state index in [1.807, 2.05) is 0 Å². The number of rotatable bonds is 5. The molecule has 0 aromatic rings. The van der Waals surface area contributed by atoms with E-state index in [9.17, 15) is 0 Å². The van der Waals surface area contributed by atoms with Gasteiger partial charge in [0.25, 0.3) is 0 Å². The lowest BCUT2D eigenvalue weighted by Crippen LogP contribution is -2.58. The Morgan fingerprint density at radius 3 is 2.59 bits per heavy atom. The zero-order valence-corrected chi connectivity index (χ0v) is 11.9. The summed E-state index contributed by atoms with van der Waals surface area (Å²) in [5.74, 6) is 2.72. The van der Waals surface area contributed by atoms with Gasteiger partial charge in [0.05, 0.1) is 0 Å². The molecule has 2 N–H and O–H groups in total. The molecule has 4 unspecified atom stereocenters. The molecule has 2 nitrogen and oxygen atoms in total. The molecule has 0 amide bonds. The van der Waals surface area contributed by atoms with Gasteiger partial charge in [0.2, 0.25) is 0 Å². The number of likely N-dealkylation sites (N-methyl/N-ethyl adjacent to an activating group) is 1. The van der Waals surface area contributed by atoms with Gasteiger partial charge in [0, 0.05) is 18.6 Å². The second-order valence-corrected chi connectivity index (χ2v) is 6.51. The molecule has 2 saturated carbocycles. The van der Waals surface area contributed by atoms with Gasteiger partial charge in [-0.15, -0.1) is 0 Å². The zero-order chi connectivity index (χ0) is 12.5. The Morgan fingerprint density at radius 1 is 1.35 bits per heavy atom. The highest BCUT2D eigenvalue weighted by Crippen LogP contribution is 2.43. The second kappa shape index (κ2) is 5.27. The molecule has 0 aliphatic heterocycles. The Morgan fingerprint density at radius 2 is 2.06 bits per heavy atom. The Bertz CT molecular complexity index is 253. The number of hydrogen-bond acceptors (Lipinski definition) is 2. The fraction of sp³-hybridized carbons (Fsp3) is 1.00. The first-order chi connectivity index (χ1) is 8.14. The molecule has 17 heavy (non-hydrogen) atoms. The van der Waals surface area contributed by atoms with Crippen molar-refractivity contribution in [1.29, 1.82) is 0 Å². The molecule has 100 valence electrons. The fourth-order valence-electron chi connectivity index (χ4n) is 3.99. The van der Waals surface area contributed by atoms with Crippen molar-refractivity contribution in [3.8, 4) is 0 Å². The van der Waals surface area contributed by atoms with E-state index in [1.54, 1.807) is 0 Å². The van der Waals surface area contributed by atoms with Gasteiger partial charge in [-0.2, -0.15) is 0 Å². The molecule has 2 rings (SSSR count). The average molecular weight is 238 g/mol. The summed E-state index contributed by atoms with van der Waals surface area (Å²) in [4.78, 5) is 2.63. The maximum atomic E-state index is 6.19. The molecular weight excluding hydrogens is 208 g/mol. The summed E-state index contributed by atoms with van der Waals surface area (Å²) in [6, 6.07) is 0. The minimum absolute atomic E-state index is 0.315. The van der Waals surface area contributed by atoms with Crippen molar-refractivity contribution in [3.63, 3.8) is 0 Å². The molecule has 0 aromatic carbocycles. The molecule has 2 aliphatic rings. The maximum Gasteiger partial charge on any atom is 0.0356 e. The lowest BCUT2D eigenvalue weighted by molar-refractivity contribution is 0.0195. The highest BCUT2D eigenvalue weighted by Gasteiger charge is 2.44. The van der Waals surface area contributed by atoms with E-state index in [-0.39, 0.29) is 0 Å². The summed E-state index contributed by atoms with van der Waals surface area (Å²) in [6.07, 6.45) is 8.22. The first-order valence-electron chi connectivity index (χ1n) is 7.55. The summed E-state index contributed by atoms with van der Waals surface area (Å²) in [5.41, 5.74) is 6.51. The number of nitrogens with zero attached hydrogens (tertiary/aromatic N) is 1. The zero-order valence-electron chi connectivity index (χ0n) is 11.9. The van der Waals surface area contributed by atoms with Gasteiger partial charge in [0.1, 0.15) is 0 Å². The molecule has 0 aromatic heterocycles. The quantitative estimate of drug-likeness (QED) is 0.798. The lowest BCUT2D eigenvalue weighted by Gasteiger charge is -2.50. The van der Waals surface area contributed by atoms with E-state index in [4.69, 9.17) is 5.73 Å². The minimum Gasteiger partial charge on any atom is -0.329 e. The van der Waals surface area contributed by atoms with Gasteiger partial charge in [0.15, 0.2) is 0 Å². The molecular formula is C15H30N2. The van der Waals surface area contributed by atoms with Crippen molar-refractivity contribution in [1.82, 2.24) is 4.90 Å². The third-order valence-corrected chi connectivity index (χ3v) is 5.56. The molecule has 0 spiro atoms. The number of hydrogen-bond donors (Lipinski definition) is 1. The monoisotopic (exact) mass is 238 g/mol. The van der Waals surface area contributed by atoms with Gasteiger partial charge < -0.3 is 5.73 Å². The maximum absolute atomic E-state index is 6.19. The van der Waals surface area contributed by atoms with E-state index >= 15 is 0 Å². The smallest absolute Gasteiger partial charge is 0.0356 e. The van der Waals surface area contributed by atoms with Crippen LogP contribution >= 0.6 is 0 Å². The molecule has 0 saturated heterocycles. The van der Waals surface area contributed by atoms with E-state index in [0.29, 0.717) is 5.54 Å². The van der Waals surface area contributed by atoms with Crippen LogP contribution in [0.5, 0.6) is 0 Å². The van der Waals surface area contributed by atoms with Gasteiger partial charge in [-0.3, -0.25) is 4.90 Å². The van der Waals surface area contributed by atoms with Crippen LogP contribution in [0.4, 0.5) is 0 Å². The van der Waals surface area contributed by atoms with Gasteiger partial charge in [-0.1, -0.05) is 33.1 Å². The first-order valence-corrected chi connectivity index (χ1v) is 7.55. The van der Waals surface area contributed by atoms with E-state index in [1.165, 1.54) is 45.1 Å². The third-order valence-electron chi connectivity index (χ3n) is 5.56. The van der Waals surface area contributed by atoms with Crippen molar-refractivity contribution >= 4 is 0 Å². The summed E-state index contributed by atoms with van der Waals surface area (Å²) in [5, 5.41) is 0. The van der Waals surface area contributed by atoms with Crippen molar-refractivity contribution in [2.45, 2.75) is 57.9 Å². The lowest BCUT2D eigenvalue weighted by atomic mass is 9.70. The minimum atomic E-state index is 0.315. The second-order valence-electron chi connectivity index (χ2n) is 6.51. The largest absolute Gasteiger partial charge is 0.329 e. The van der Waals surface area contributed by atoms with Crippen LogP contribution in [0.3, 0.4) is 0 Å². The number of nitrogens with two attached hydrogens (primary N) is 1. The molecule has 2 aliphatic carbocycles. The summed E-state index contributed by atoms with van der Waals surface area (Å²) < 4.78 is 0. The van der Waals surface area contributed by atoms with E-state index in [0.717, 1.165) is 24.3 Å². The molecule has 2 heteroatoms. The van der Waals surface area contributed by atoms with Crippen molar-refractivity contribution < 1.29 is 0 Å². The normalized spacial score (nSPS) is 41.8. The summed E-state index contributed by atoms with van der Waals surface area (Å²) in [7, 11) is 2.33. The van der Waals surface area contributed by atoms with Gasteiger partial charge >= 0.3 is 0 Å². The molecule has 0 heterocycles. The Hall–Kier alpha value is -0.0800. The van der Waals surface area contributed by atoms with Crippen LogP contribution in [0.1, 0.15) is 52.4 Å². The summed E-state index contributed by atoms with van der Waals surface area (Å²) >= 11 is 0. The van der Waals surface area contributed by atoms with E-state index in [2.05, 4.69) is 25.8 Å². The van der Waals surface area contributed by atoms with E-state index < -0.39 is 0 Å². The molecule has 0 radical (unpaired) electrons. The van der Waals surface area contributed by atoms with Crippen LogP contribution in [0.15, 0.2) is 0 Å². The van der Waals surface area contributed by atoms with Crippen molar-refractivity contribution in [2.24, 2.45) is 23.5 Å². The molecule has 4 atom stereocenters. The Labute approximate surface area is 107 Å². The third kappa shape index (κ3) is 2.53. The standard InChI is InChI=1S/C15H30N2/c1-4-14-7-5-6-8-15(14,11-16)17(3)10-13-9-12(13)2/h12-14H,4-11,16H2,1-3H3. The SMILES string of the molecule is CCC1CCCCC1(CN)N(C)CC1CC1C. The van der Waals surface area contributed by atoms with Crippen LogP contribution in [-0.2, 0) is 0 Å². The van der Waals surface area contributed by atoms with Crippen molar-refractivity contribution in [2.75, 3.05) is 20.1 Å². The van der Waals surface area contributed by atoms with Gasteiger partial charge in [-0.25, -0.2) is 0 Å². The highest BCUT2D eigenvalue weighted by molar-refractivity contribution is 5.00. The van der Waals surface area contributed by atoms with Crippen LogP contribution < -0.4 is 5.73 Å². The Balaban J connectivity index is 2.04. The predicted octanol–water partition coefficient (Wildman–Crippen LogP) is 2.87. The topological polar surface area (TPSA) is 29.3 Å². The van der Waals surface area contributed by atoms with Crippen LogP contribution in [0, 0.1) is 17.8 Å². The average Bonchev–Trinajstić information content (AvgIpc) is 3.04. The van der Waals surface area contributed by atoms with Crippen LogP contribution in [0.25, 0.3) is 0 Å². The summed E-state index contributed by atoms with van der Waals surface area (Å²) in [6.45, 7) is 6.84. The van der Waals surface area contributed by atoms with Crippen molar-refractivity contribution in [3.05, 3.63) is 0 Å². The van der Waals surface area contributed by atoms with Gasteiger partial charge in [-0.05, 0) is 44.1 Å². The first kappa shape index (κ1) is 13.4. The fourth-order valence-corrected chi connectivity index (χ4v) is 3.99. The van der Waals surface area contributed by atoms with Crippen LogP contribution in [-0.4, -0.2) is 30.6 Å². The van der Waals surface area contributed by atoms with Crippen LogP contribution in [0.2, 0.25) is 0 Å². The Kier molecular flexibility index (Phi) is 4.14. The molecule has 0 bridgehead atoms. The predicted molar refractivity (Wildman–Crippen MR) is 73.9 cm³/mol. The highest BCUT2D eigenvalue weighted by atomic mass is 15.2.